The lowest BCUT2D eigenvalue weighted by Gasteiger charge is -2.34. The smallest absolute Gasteiger partial charge is 0.280 e. The van der Waals surface area contributed by atoms with Crippen molar-refractivity contribution in [3.63, 3.8) is 0 Å². The van der Waals surface area contributed by atoms with Gasteiger partial charge in [0.15, 0.2) is 0 Å². The molecular formula is C17H18FN3O3S. The molecule has 1 unspecified atom stereocenters. The zero-order chi connectivity index (χ0) is 17.9. The summed E-state index contributed by atoms with van der Waals surface area (Å²) in [5.74, 6) is -0.993. The van der Waals surface area contributed by atoms with E-state index in [0.29, 0.717) is 5.56 Å². The number of halogens is 1. The largest absolute Gasteiger partial charge is 0.353 e. The van der Waals surface area contributed by atoms with Gasteiger partial charge in [0.1, 0.15) is 11.9 Å². The van der Waals surface area contributed by atoms with Crippen LogP contribution in [-0.2, 0) is 21.5 Å². The summed E-state index contributed by atoms with van der Waals surface area (Å²) >= 11 is 0. The summed E-state index contributed by atoms with van der Waals surface area (Å²) in [5, 5.41) is 2.63. The predicted octanol–water partition coefficient (Wildman–Crippen LogP) is 1.33. The standard InChI is InChI=1S/C17H18FN3O3S/c18-15-8-4-7-14(11-15)16-17(22)19-9-10-21(16)25(23,24)20-12-13-5-2-1-3-6-13/h1-8,11,16,20H,9-10,12H2,(H,19,22). The van der Waals surface area contributed by atoms with Gasteiger partial charge in [0.25, 0.3) is 10.2 Å². The molecule has 1 aliphatic heterocycles. The minimum absolute atomic E-state index is 0.108. The van der Waals surface area contributed by atoms with Gasteiger partial charge in [-0.15, -0.1) is 0 Å². The van der Waals surface area contributed by atoms with Crippen LogP contribution < -0.4 is 10.0 Å². The molecule has 1 fully saturated rings. The van der Waals surface area contributed by atoms with E-state index in [0.717, 1.165) is 9.87 Å². The summed E-state index contributed by atoms with van der Waals surface area (Å²) in [6, 6.07) is 13.4. The predicted molar refractivity (Wildman–Crippen MR) is 91.1 cm³/mol. The molecule has 1 heterocycles. The second kappa shape index (κ2) is 7.30. The molecule has 0 spiro atoms. The number of nitrogens with one attached hydrogen (secondary N) is 2. The van der Waals surface area contributed by atoms with Crippen molar-refractivity contribution < 1.29 is 17.6 Å². The molecule has 1 amide bonds. The Morgan fingerprint density at radius 1 is 1.16 bits per heavy atom. The molecule has 132 valence electrons. The van der Waals surface area contributed by atoms with Crippen molar-refractivity contribution >= 4 is 16.1 Å². The van der Waals surface area contributed by atoms with Gasteiger partial charge in [-0.3, -0.25) is 4.79 Å². The van der Waals surface area contributed by atoms with Crippen LogP contribution in [0.25, 0.3) is 0 Å². The lowest BCUT2D eigenvalue weighted by molar-refractivity contribution is -0.126. The van der Waals surface area contributed by atoms with Crippen molar-refractivity contribution in [1.29, 1.82) is 0 Å². The molecule has 25 heavy (non-hydrogen) atoms. The van der Waals surface area contributed by atoms with Crippen LogP contribution in [0.3, 0.4) is 0 Å². The van der Waals surface area contributed by atoms with Gasteiger partial charge in [0, 0.05) is 19.6 Å². The first-order valence-corrected chi connectivity index (χ1v) is 9.25. The normalized spacial score (nSPS) is 18.8. The maximum Gasteiger partial charge on any atom is 0.280 e. The SMILES string of the molecule is O=C1NCCN(S(=O)(=O)NCc2ccccc2)C1c1cccc(F)c1. The molecule has 3 rings (SSSR count). The molecule has 6 nitrogen and oxygen atoms in total. The van der Waals surface area contributed by atoms with E-state index in [1.54, 1.807) is 18.2 Å². The molecule has 1 saturated heterocycles. The van der Waals surface area contributed by atoms with Crippen LogP contribution in [0.15, 0.2) is 54.6 Å². The Hall–Kier alpha value is -2.29. The van der Waals surface area contributed by atoms with Gasteiger partial charge in [-0.1, -0.05) is 42.5 Å². The highest BCUT2D eigenvalue weighted by Gasteiger charge is 2.38. The minimum Gasteiger partial charge on any atom is -0.353 e. The average Bonchev–Trinajstić information content (AvgIpc) is 2.61. The number of carbonyl (C=O) groups is 1. The third-order valence-corrected chi connectivity index (χ3v) is 5.46. The molecule has 2 N–H and O–H groups in total. The number of carbonyl (C=O) groups excluding carboxylic acids is 1. The first-order valence-electron chi connectivity index (χ1n) is 7.81. The van der Waals surface area contributed by atoms with Crippen LogP contribution in [0, 0.1) is 5.82 Å². The molecule has 0 aliphatic carbocycles. The van der Waals surface area contributed by atoms with E-state index in [4.69, 9.17) is 0 Å². The van der Waals surface area contributed by atoms with Gasteiger partial charge in [-0.05, 0) is 23.3 Å². The molecule has 1 aliphatic rings. The molecule has 0 bridgehead atoms. The second-order valence-corrected chi connectivity index (χ2v) is 7.38. The van der Waals surface area contributed by atoms with Gasteiger partial charge >= 0.3 is 0 Å². The Labute approximate surface area is 145 Å². The molecule has 8 heteroatoms. The van der Waals surface area contributed by atoms with Crippen LogP contribution in [0.2, 0.25) is 0 Å². The number of benzene rings is 2. The molecule has 0 aromatic heterocycles. The zero-order valence-corrected chi connectivity index (χ0v) is 14.2. The van der Waals surface area contributed by atoms with Crippen LogP contribution in [-0.4, -0.2) is 31.7 Å². The van der Waals surface area contributed by atoms with Crippen LogP contribution in [0.5, 0.6) is 0 Å². The summed E-state index contributed by atoms with van der Waals surface area (Å²) in [6.45, 7) is 0.422. The minimum atomic E-state index is -3.92. The highest BCUT2D eigenvalue weighted by Crippen LogP contribution is 2.26. The van der Waals surface area contributed by atoms with Gasteiger partial charge in [0.05, 0.1) is 0 Å². The number of rotatable bonds is 5. The number of hydrogen-bond donors (Lipinski definition) is 2. The van der Waals surface area contributed by atoms with Crippen LogP contribution in [0.1, 0.15) is 17.2 Å². The topological polar surface area (TPSA) is 78.5 Å². The maximum atomic E-state index is 13.5. The van der Waals surface area contributed by atoms with Crippen molar-refractivity contribution in [3.8, 4) is 0 Å². The number of hydrogen-bond acceptors (Lipinski definition) is 3. The summed E-state index contributed by atoms with van der Waals surface area (Å²) in [7, 11) is -3.92. The van der Waals surface area contributed by atoms with E-state index >= 15 is 0 Å². The second-order valence-electron chi connectivity index (χ2n) is 5.67. The van der Waals surface area contributed by atoms with Crippen molar-refractivity contribution in [2.24, 2.45) is 0 Å². The first kappa shape index (κ1) is 17.5. The number of amides is 1. The van der Waals surface area contributed by atoms with Crippen molar-refractivity contribution in [1.82, 2.24) is 14.3 Å². The third-order valence-electron chi connectivity index (χ3n) is 3.94. The Balaban J connectivity index is 1.85. The van der Waals surface area contributed by atoms with Gasteiger partial charge in [-0.25, -0.2) is 4.39 Å². The first-order chi connectivity index (χ1) is 12.0. The summed E-state index contributed by atoms with van der Waals surface area (Å²) in [4.78, 5) is 12.3. The fourth-order valence-electron chi connectivity index (χ4n) is 2.75. The van der Waals surface area contributed by atoms with Gasteiger partial charge in [-0.2, -0.15) is 17.4 Å². The summed E-state index contributed by atoms with van der Waals surface area (Å²) in [6.07, 6.45) is 0. The van der Waals surface area contributed by atoms with E-state index in [-0.39, 0.29) is 19.6 Å². The Morgan fingerprint density at radius 3 is 2.64 bits per heavy atom. The van der Waals surface area contributed by atoms with Crippen molar-refractivity contribution in [3.05, 3.63) is 71.5 Å². The lowest BCUT2D eigenvalue weighted by atomic mass is 10.0. The van der Waals surface area contributed by atoms with E-state index < -0.39 is 28.0 Å². The summed E-state index contributed by atoms with van der Waals surface area (Å²) < 4.78 is 42.5. The third kappa shape index (κ3) is 4.04. The van der Waals surface area contributed by atoms with E-state index in [1.807, 2.05) is 18.2 Å². The van der Waals surface area contributed by atoms with E-state index in [9.17, 15) is 17.6 Å². The van der Waals surface area contributed by atoms with Crippen molar-refractivity contribution in [2.75, 3.05) is 13.1 Å². The lowest BCUT2D eigenvalue weighted by Crippen LogP contribution is -2.54. The molecule has 0 saturated carbocycles. The van der Waals surface area contributed by atoms with Gasteiger partial charge < -0.3 is 5.32 Å². The molecule has 1 atom stereocenters. The monoisotopic (exact) mass is 363 g/mol. The van der Waals surface area contributed by atoms with Crippen LogP contribution in [0.4, 0.5) is 4.39 Å². The molecule has 2 aromatic carbocycles. The van der Waals surface area contributed by atoms with Crippen molar-refractivity contribution in [2.45, 2.75) is 12.6 Å². The average molecular weight is 363 g/mol. The summed E-state index contributed by atoms with van der Waals surface area (Å²) in [5.41, 5.74) is 1.09. The number of piperazine rings is 1. The Kier molecular flexibility index (Phi) is 5.12. The van der Waals surface area contributed by atoms with Crippen LogP contribution >= 0.6 is 0 Å². The zero-order valence-electron chi connectivity index (χ0n) is 13.4. The van der Waals surface area contributed by atoms with Gasteiger partial charge in [0.2, 0.25) is 5.91 Å². The highest BCUT2D eigenvalue weighted by molar-refractivity contribution is 7.87. The van der Waals surface area contributed by atoms with E-state index in [2.05, 4.69) is 10.0 Å². The fourth-order valence-corrected chi connectivity index (χ4v) is 4.09. The Bertz CT molecular complexity index is 858. The molecule has 2 aromatic rings. The number of nitrogens with zero attached hydrogens (tertiary/aromatic N) is 1. The Morgan fingerprint density at radius 2 is 1.92 bits per heavy atom. The fraction of sp³-hybridized carbons (Fsp3) is 0.235. The van der Waals surface area contributed by atoms with E-state index in [1.165, 1.54) is 18.2 Å². The highest BCUT2D eigenvalue weighted by atomic mass is 32.2. The molecular weight excluding hydrogens is 345 g/mol. The maximum absolute atomic E-state index is 13.5. The quantitative estimate of drug-likeness (QED) is 0.841. The molecule has 0 radical (unpaired) electrons.